The molecule has 18 heavy (non-hydrogen) atoms. The minimum Gasteiger partial charge on any atom is -0.388 e. The van der Waals surface area contributed by atoms with E-state index in [0.717, 1.165) is 4.88 Å². The van der Waals surface area contributed by atoms with Gasteiger partial charge in [-0.2, -0.15) is 0 Å². The number of hydrogen-bond acceptors (Lipinski definition) is 4. The van der Waals surface area contributed by atoms with Crippen LogP contribution in [0, 0.1) is 0 Å². The lowest BCUT2D eigenvalue weighted by Crippen LogP contribution is -2.10. The van der Waals surface area contributed by atoms with Crippen LogP contribution in [0.5, 0.6) is 0 Å². The fourth-order valence-electron chi connectivity index (χ4n) is 1.64. The van der Waals surface area contributed by atoms with Gasteiger partial charge in [0, 0.05) is 4.88 Å². The number of sulfone groups is 1. The van der Waals surface area contributed by atoms with Gasteiger partial charge >= 0.3 is 0 Å². The molecule has 0 saturated heterocycles. The molecule has 0 bridgehead atoms. The third kappa shape index (κ3) is 3.19. The van der Waals surface area contributed by atoms with Crippen LogP contribution >= 0.6 is 11.3 Å². The van der Waals surface area contributed by atoms with Crippen molar-refractivity contribution in [1.82, 2.24) is 0 Å². The second-order valence-corrected chi connectivity index (χ2v) is 7.04. The first-order valence-electron chi connectivity index (χ1n) is 5.59. The second kappa shape index (κ2) is 5.65. The molecule has 1 heterocycles. The van der Waals surface area contributed by atoms with Crippen molar-refractivity contribution in [2.75, 3.05) is 5.75 Å². The monoisotopic (exact) mass is 282 g/mol. The summed E-state index contributed by atoms with van der Waals surface area (Å²) in [5.41, 5.74) is 0. The van der Waals surface area contributed by atoms with E-state index >= 15 is 0 Å². The Morgan fingerprint density at radius 1 is 1.11 bits per heavy atom. The summed E-state index contributed by atoms with van der Waals surface area (Å²) >= 11 is 1.43. The predicted molar refractivity (Wildman–Crippen MR) is 72.4 cm³/mol. The molecule has 1 aromatic carbocycles. The molecule has 0 aliphatic heterocycles. The van der Waals surface area contributed by atoms with Crippen molar-refractivity contribution in [2.45, 2.75) is 17.4 Å². The normalized spacial score (nSPS) is 13.4. The Kier molecular flexibility index (Phi) is 4.16. The van der Waals surface area contributed by atoms with Crippen LogP contribution in [0.25, 0.3) is 0 Å². The third-order valence-electron chi connectivity index (χ3n) is 2.63. The Balaban J connectivity index is 2.02. The van der Waals surface area contributed by atoms with Crippen molar-refractivity contribution in [3.05, 3.63) is 52.7 Å². The van der Waals surface area contributed by atoms with E-state index in [4.69, 9.17) is 0 Å². The SMILES string of the molecule is O=S(=O)(CC[C@H](O)c1cccs1)c1ccccc1. The molecule has 0 aliphatic carbocycles. The summed E-state index contributed by atoms with van der Waals surface area (Å²) in [6, 6.07) is 12.0. The quantitative estimate of drug-likeness (QED) is 0.917. The predicted octanol–water partition coefficient (Wildman–Crippen LogP) is 2.65. The van der Waals surface area contributed by atoms with Gasteiger partial charge < -0.3 is 5.11 Å². The molecule has 0 amide bonds. The lowest BCUT2D eigenvalue weighted by atomic mass is 10.2. The second-order valence-electron chi connectivity index (χ2n) is 3.95. The summed E-state index contributed by atoms with van der Waals surface area (Å²) in [6.45, 7) is 0. The van der Waals surface area contributed by atoms with Crippen molar-refractivity contribution in [2.24, 2.45) is 0 Å². The number of benzene rings is 1. The van der Waals surface area contributed by atoms with Crippen LogP contribution in [-0.4, -0.2) is 19.3 Å². The zero-order valence-corrected chi connectivity index (χ0v) is 11.3. The van der Waals surface area contributed by atoms with Crippen LogP contribution in [0.3, 0.4) is 0 Å². The highest BCUT2D eigenvalue weighted by Crippen LogP contribution is 2.23. The Morgan fingerprint density at radius 2 is 1.83 bits per heavy atom. The molecule has 0 spiro atoms. The number of thiophene rings is 1. The average Bonchev–Trinajstić information content (AvgIpc) is 2.91. The third-order valence-corrected chi connectivity index (χ3v) is 5.37. The van der Waals surface area contributed by atoms with Gasteiger partial charge in [-0.15, -0.1) is 11.3 Å². The van der Waals surface area contributed by atoms with E-state index in [-0.39, 0.29) is 12.2 Å². The topological polar surface area (TPSA) is 54.4 Å². The van der Waals surface area contributed by atoms with Crippen LogP contribution in [0.4, 0.5) is 0 Å². The zero-order chi connectivity index (χ0) is 13.0. The van der Waals surface area contributed by atoms with Gasteiger partial charge in [0.05, 0.1) is 16.8 Å². The van der Waals surface area contributed by atoms with Crippen LogP contribution in [-0.2, 0) is 9.84 Å². The van der Waals surface area contributed by atoms with Crippen molar-refractivity contribution in [1.29, 1.82) is 0 Å². The van der Waals surface area contributed by atoms with Crippen molar-refractivity contribution >= 4 is 21.2 Å². The van der Waals surface area contributed by atoms with Gasteiger partial charge in [0.25, 0.3) is 0 Å². The molecule has 3 nitrogen and oxygen atoms in total. The maximum atomic E-state index is 12.0. The van der Waals surface area contributed by atoms with Crippen molar-refractivity contribution < 1.29 is 13.5 Å². The first-order chi connectivity index (χ1) is 8.59. The highest BCUT2D eigenvalue weighted by atomic mass is 32.2. The molecule has 1 aromatic heterocycles. The minimum absolute atomic E-state index is 0.0456. The number of aliphatic hydroxyl groups excluding tert-OH is 1. The van der Waals surface area contributed by atoms with Gasteiger partial charge in [-0.3, -0.25) is 0 Å². The van der Waals surface area contributed by atoms with Gasteiger partial charge in [0.2, 0.25) is 0 Å². The molecular weight excluding hydrogens is 268 g/mol. The number of rotatable bonds is 5. The van der Waals surface area contributed by atoms with Crippen LogP contribution in [0.2, 0.25) is 0 Å². The molecule has 0 fully saturated rings. The van der Waals surface area contributed by atoms with E-state index in [9.17, 15) is 13.5 Å². The lowest BCUT2D eigenvalue weighted by Gasteiger charge is -2.09. The lowest BCUT2D eigenvalue weighted by molar-refractivity contribution is 0.178. The van der Waals surface area contributed by atoms with Crippen LogP contribution in [0.15, 0.2) is 52.7 Å². The Bertz CT molecular complexity index is 574. The molecule has 5 heteroatoms. The maximum absolute atomic E-state index is 12.0. The molecular formula is C13H14O3S2. The van der Waals surface area contributed by atoms with Gasteiger partial charge in [-0.05, 0) is 30.0 Å². The first-order valence-corrected chi connectivity index (χ1v) is 8.12. The summed E-state index contributed by atoms with van der Waals surface area (Å²) in [4.78, 5) is 1.11. The number of hydrogen-bond donors (Lipinski definition) is 1. The molecule has 2 aromatic rings. The molecule has 1 N–H and O–H groups in total. The largest absolute Gasteiger partial charge is 0.388 e. The van der Waals surface area contributed by atoms with E-state index in [1.807, 2.05) is 17.5 Å². The maximum Gasteiger partial charge on any atom is 0.178 e. The summed E-state index contributed by atoms with van der Waals surface area (Å²) in [5, 5.41) is 11.7. The van der Waals surface area contributed by atoms with Gasteiger partial charge in [-0.25, -0.2) is 8.42 Å². The molecule has 0 radical (unpaired) electrons. The molecule has 1 atom stereocenters. The Hall–Kier alpha value is -1.17. The van der Waals surface area contributed by atoms with Gasteiger partial charge in [0.15, 0.2) is 9.84 Å². The van der Waals surface area contributed by atoms with E-state index in [0.29, 0.717) is 4.90 Å². The van der Waals surface area contributed by atoms with E-state index in [1.165, 1.54) is 11.3 Å². The standard InChI is InChI=1S/C13H14O3S2/c14-12(13-7-4-9-17-13)8-10-18(15,16)11-5-2-1-3-6-11/h1-7,9,12,14H,8,10H2/t12-/m0/s1. The zero-order valence-electron chi connectivity index (χ0n) is 9.69. The Morgan fingerprint density at radius 3 is 2.44 bits per heavy atom. The molecule has 0 aliphatic rings. The highest BCUT2D eigenvalue weighted by Gasteiger charge is 2.17. The summed E-state index contributed by atoms with van der Waals surface area (Å²) in [6.07, 6.45) is -0.485. The van der Waals surface area contributed by atoms with Crippen LogP contribution < -0.4 is 0 Å². The summed E-state index contributed by atoms with van der Waals surface area (Å²) in [7, 11) is -3.30. The smallest absolute Gasteiger partial charge is 0.178 e. The summed E-state index contributed by atoms with van der Waals surface area (Å²) < 4.78 is 24.0. The fraction of sp³-hybridized carbons (Fsp3) is 0.231. The fourth-order valence-corrected chi connectivity index (χ4v) is 3.72. The summed E-state index contributed by atoms with van der Waals surface area (Å²) in [5.74, 6) is -0.0456. The molecule has 2 rings (SSSR count). The minimum atomic E-state index is -3.30. The van der Waals surface area contributed by atoms with Gasteiger partial charge in [-0.1, -0.05) is 24.3 Å². The number of aliphatic hydroxyl groups is 1. The molecule has 0 unspecified atom stereocenters. The molecule has 0 saturated carbocycles. The van der Waals surface area contributed by atoms with E-state index < -0.39 is 15.9 Å². The molecule has 96 valence electrons. The van der Waals surface area contributed by atoms with Crippen molar-refractivity contribution in [3.63, 3.8) is 0 Å². The van der Waals surface area contributed by atoms with E-state index in [2.05, 4.69) is 0 Å². The average molecular weight is 282 g/mol. The first kappa shape index (κ1) is 13.3. The highest BCUT2D eigenvalue weighted by molar-refractivity contribution is 7.91. The van der Waals surface area contributed by atoms with Crippen molar-refractivity contribution in [3.8, 4) is 0 Å². The van der Waals surface area contributed by atoms with Crippen LogP contribution in [0.1, 0.15) is 17.4 Å². The van der Waals surface area contributed by atoms with E-state index in [1.54, 1.807) is 30.3 Å². The Labute approximate surface area is 111 Å². The van der Waals surface area contributed by atoms with Gasteiger partial charge in [0.1, 0.15) is 0 Å².